The van der Waals surface area contributed by atoms with Crippen molar-refractivity contribution in [1.29, 1.82) is 0 Å². The molecule has 3 aromatic rings. The van der Waals surface area contributed by atoms with Gasteiger partial charge in [0.05, 0.1) is 21.4 Å². The van der Waals surface area contributed by atoms with E-state index in [0.717, 1.165) is 11.8 Å². The summed E-state index contributed by atoms with van der Waals surface area (Å²) in [4.78, 5) is 73.8. The summed E-state index contributed by atoms with van der Waals surface area (Å²) in [5.41, 5.74) is 1.80. The van der Waals surface area contributed by atoms with E-state index in [2.05, 4.69) is 4.74 Å². The van der Waals surface area contributed by atoms with E-state index in [4.69, 9.17) is 41.8 Å². The first kappa shape index (κ1) is 42.4. The number of hydrogen-bond acceptors (Lipinski definition) is 14. The summed E-state index contributed by atoms with van der Waals surface area (Å²) in [5, 5.41) is 39.5. The monoisotopic (exact) mass is 840 g/mol. The molecule has 304 valence electrons. The summed E-state index contributed by atoms with van der Waals surface area (Å²) in [6.07, 6.45) is 0. The number of carboxylic acids is 3. The molecule has 0 amide bonds. The summed E-state index contributed by atoms with van der Waals surface area (Å²) >= 11 is 12.6. The lowest BCUT2D eigenvalue weighted by Crippen LogP contribution is -2.36. The molecule has 4 N–H and O–H groups in total. The first-order valence-corrected chi connectivity index (χ1v) is 17.8. The highest BCUT2D eigenvalue weighted by molar-refractivity contribution is 6.33. The van der Waals surface area contributed by atoms with Crippen LogP contribution >= 0.6 is 23.2 Å². The molecule has 58 heavy (non-hydrogen) atoms. The highest BCUT2D eigenvalue weighted by Gasteiger charge is 2.25. The molecule has 3 aromatic carbocycles. The van der Waals surface area contributed by atoms with Crippen LogP contribution in [0.1, 0.15) is 12.5 Å². The van der Waals surface area contributed by atoms with Crippen molar-refractivity contribution < 1.29 is 67.8 Å². The number of carbonyl (C=O) groups excluding carboxylic acids is 2. The lowest BCUT2D eigenvalue weighted by molar-refractivity contribution is -0.164. The number of ether oxygens (including phenoxy) is 4. The molecule has 1 aliphatic heterocycles. The number of aromatic hydroxyl groups is 1. The second-order valence-corrected chi connectivity index (χ2v) is 13.4. The minimum absolute atomic E-state index is 0.00889. The average Bonchev–Trinajstić information content (AvgIpc) is 3.12. The van der Waals surface area contributed by atoms with Crippen molar-refractivity contribution in [2.45, 2.75) is 13.8 Å². The molecule has 0 bridgehead atoms. The van der Waals surface area contributed by atoms with Gasteiger partial charge in [0.15, 0.2) is 0 Å². The van der Waals surface area contributed by atoms with Crippen molar-refractivity contribution in [3.05, 3.63) is 86.5 Å². The van der Waals surface area contributed by atoms with E-state index in [1.807, 2.05) is 0 Å². The normalized spacial score (nSPS) is 10.9. The van der Waals surface area contributed by atoms with Crippen LogP contribution in [0, 0.1) is 6.92 Å². The highest BCUT2D eigenvalue weighted by atomic mass is 35.5. The fraction of sp³-hybridized carbons (Fsp3) is 0.231. The molecule has 0 saturated carbocycles. The van der Waals surface area contributed by atoms with Gasteiger partial charge in [-0.25, -0.2) is 0 Å². The zero-order chi connectivity index (χ0) is 42.3. The van der Waals surface area contributed by atoms with Gasteiger partial charge in [-0.05, 0) is 54.4 Å². The van der Waals surface area contributed by atoms with Gasteiger partial charge in [-0.3, -0.25) is 28.8 Å². The van der Waals surface area contributed by atoms with Crippen LogP contribution in [-0.2, 0) is 33.4 Å². The van der Waals surface area contributed by atoms with Crippen LogP contribution in [0.2, 0.25) is 10.0 Å². The number of nitrogens with zero attached hydrogens (tertiary/aromatic N) is 2. The van der Waals surface area contributed by atoms with Gasteiger partial charge < -0.3 is 53.6 Å². The van der Waals surface area contributed by atoms with Crippen molar-refractivity contribution in [2.75, 3.05) is 56.0 Å². The Morgan fingerprint density at radius 3 is 1.91 bits per heavy atom. The molecule has 5 rings (SSSR count). The Labute approximate surface area is 338 Å². The second-order valence-electron chi connectivity index (χ2n) is 12.6. The Morgan fingerprint density at radius 2 is 1.31 bits per heavy atom. The quantitative estimate of drug-likeness (QED) is 0.0380. The van der Waals surface area contributed by atoms with Gasteiger partial charge in [0.2, 0.25) is 12.2 Å². The third-order valence-corrected chi connectivity index (χ3v) is 8.86. The van der Waals surface area contributed by atoms with Gasteiger partial charge >= 0.3 is 29.8 Å². The molecule has 0 unspecified atom stereocenters. The lowest BCUT2D eigenvalue weighted by atomic mass is 9.93. The van der Waals surface area contributed by atoms with Crippen LogP contribution in [0.25, 0.3) is 33.4 Å². The number of fused-ring (bicyclic) bond motifs is 2. The average molecular weight is 842 g/mol. The third-order valence-electron chi connectivity index (χ3n) is 8.27. The lowest BCUT2D eigenvalue weighted by Gasteiger charge is -2.26. The minimum Gasteiger partial charge on any atom is -0.506 e. The van der Waals surface area contributed by atoms with Crippen LogP contribution in [0.4, 0.5) is 11.4 Å². The van der Waals surface area contributed by atoms with Crippen LogP contribution in [0.3, 0.4) is 0 Å². The third kappa shape index (κ3) is 10.6. The van der Waals surface area contributed by atoms with E-state index < -0.39 is 68.2 Å². The predicted molar refractivity (Wildman–Crippen MR) is 208 cm³/mol. The summed E-state index contributed by atoms with van der Waals surface area (Å²) in [7, 11) is 0. The van der Waals surface area contributed by atoms with E-state index in [1.54, 1.807) is 31.2 Å². The number of phenolic OH excluding ortho intramolecular Hbond substituents is 1. The van der Waals surface area contributed by atoms with Crippen LogP contribution < -0.4 is 24.7 Å². The fourth-order valence-electron chi connectivity index (χ4n) is 5.88. The number of esters is 2. The van der Waals surface area contributed by atoms with Crippen molar-refractivity contribution in [2.24, 2.45) is 0 Å². The summed E-state index contributed by atoms with van der Waals surface area (Å²) in [5.74, 6) is -5.52. The molecule has 0 aromatic heterocycles. The van der Waals surface area contributed by atoms with Gasteiger partial charge in [-0.15, -0.1) is 0 Å². The minimum atomic E-state index is -1.33. The number of benzene rings is 4. The number of halogens is 2. The van der Waals surface area contributed by atoms with Gasteiger partial charge in [0.1, 0.15) is 68.0 Å². The van der Waals surface area contributed by atoms with E-state index >= 15 is 0 Å². The molecule has 17 nitrogen and oxygen atoms in total. The molecule has 19 heteroatoms. The molecule has 0 spiro atoms. The Morgan fingerprint density at radius 1 is 0.724 bits per heavy atom. The summed E-state index contributed by atoms with van der Waals surface area (Å²) in [6, 6.07) is 14.6. The zero-order valence-corrected chi connectivity index (χ0v) is 32.2. The number of carbonyl (C=O) groups is 5. The van der Waals surface area contributed by atoms with Gasteiger partial charge in [0.25, 0.3) is 0 Å². The van der Waals surface area contributed by atoms with E-state index in [1.165, 1.54) is 41.3 Å². The van der Waals surface area contributed by atoms with Crippen molar-refractivity contribution in [3.63, 3.8) is 0 Å². The van der Waals surface area contributed by atoms with Crippen LogP contribution in [-0.4, -0.2) is 96.5 Å². The van der Waals surface area contributed by atoms with Gasteiger partial charge in [0, 0.05) is 35.6 Å². The van der Waals surface area contributed by atoms with Crippen LogP contribution in [0.15, 0.2) is 69.9 Å². The highest BCUT2D eigenvalue weighted by Crippen LogP contribution is 2.45. The number of rotatable bonds is 18. The number of aryl methyl sites for hydroxylation is 1. The Balaban J connectivity index is 1.52. The molecular formula is C39H34Cl2N2O15. The molecule has 0 radical (unpaired) electrons. The molecular weight excluding hydrogens is 807 g/mol. The Kier molecular flexibility index (Phi) is 13.5. The predicted octanol–water partition coefficient (Wildman–Crippen LogP) is 5.27. The first-order chi connectivity index (χ1) is 27.5. The maximum Gasteiger partial charge on any atom is 0.328 e. The van der Waals surface area contributed by atoms with Crippen molar-refractivity contribution >= 4 is 75.4 Å². The number of hydrogen-bond donors (Lipinski definition) is 4. The maximum absolute atomic E-state index is 12.5. The SMILES string of the molecule is CC(=O)OCOC(=O)CN(CC(=O)O)c1ccc(C)cc1OCCOc1cc(-c2c3cc(Cl)c(=O)cc-3oc3cc(O)c(Cl)cc23)ccc1N(CC(=O)O)CC(=O)O. The first-order valence-electron chi connectivity index (χ1n) is 17.0. The van der Waals surface area contributed by atoms with Crippen LogP contribution in [0.5, 0.6) is 17.2 Å². The fourth-order valence-corrected chi connectivity index (χ4v) is 6.21. The molecule has 0 fully saturated rings. The number of anilines is 2. The zero-order valence-electron chi connectivity index (χ0n) is 30.7. The topological polar surface area (TPSA) is 240 Å². The largest absolute Gasteiger partial charge is 0.506 e. The number of phenols is 1. The second kappa shape index (κ2) is 18.5. The summed E-state index contributed by atoms with van der Waals surface area (Å²) in [6.45, 7) is -0.865. The van der Waals surface area contributed by atoms with Gasteiger partial charge in [-0.1, -0.05) is 35.3 Å². The standard InChI is InChI=1S/C39H34Cl2N2O15/c1-20-3-5-27(43(17-37(51)52)18-38(53)57-19-56-21(2)44)33(9-20)54-7-8-55-34-10-22(4-6-28(34)42(15-35(47)48)16-36(49)50)39-23-11-25(40)29(45)13-31(23)58-32-14-30(46)26(41)12-24(32)39/h3-6,9-14,45H,7-8,15-19H2,1-2H3,(H,47,48)(H,49,50)(H,51,52). The molecule has 0 atom stereocenters. The summed E-state index contributed by atoms with van der Waals surface area (Å²) < 4.78 is 27.6. The Bertz CT molecular complexity index is 2420. The maximum atomic E-state index is 12.5. The molecule has 1 heterocycles. The van der Waals surface area contributed by atoms with Crippen molar-refractivity contribution in [3.8, 4) is 39.7 Å². The number of aliphatic carboxylic acids is 3. The van der Waals surface area contributed by atoms with Crippen molar-refractivity contribution in [1.82, 2.24) is 0 Å². The molecule has 1 aliphatic carbocycles. The molecule has 0 saturated heterocycles. The smallest absolute Gasteiger partial charge is 0.328 e. The van der Waals surface area contributed by atoms with E-state index in [9.17, 15) is 49.2 Å². The number of carboxylic acid groups (broad SMARTS) is 3. The molecule has 2 aliphatic rings. The van der Waals surface area contributed by atoms with E-state index in [-0.39, 0.29) is 63.2 Å². The Hall–Kier alpha value is -6.72. The van der Waals surface area contributed by atoms with Gasteiger partial charge in [-0.2, -0.15) is 0 Å². The van der Waals surface area contributed by atoms with E-state index in [0.29, 0.717) is 27.6 Å².